The van der Waals surface area contributed by atoms with Gasteiger partial charge in [-0.15, -0.1) is 0 Å². The molecule has 0 aliphatic heterocycles. The van der Waals surface area contributed by atoms with E-state index in [1.54, 1.807) is 0 Å². The molecule has 1 heterocycles. The van der Waals surface area contributed by atoms with E-state index in [2.05, 4.69) is 193 Å². The van der Waals surface area contributed by atoms with Gasteiger partial charge in [-0.1, -0.05) is 117 Å². The van der Waals surface area contributed by atoms with Gasteiger partial charge in [-0.3, -0.25) is 0 Å². The van der Waals surface area contributed by atoms with Gasteiger partial charge in [0.25, 0.3) is 0 Å². The Labute approximate surface area is 275 Å². The van der Waals surface area contributed by atoms with Crippen molar-refractivity contribution in [2.45, 2.75) is 19.3 Å². The molecule has 7 aromatic carbocycles. The largest absolute Gasteiger partial charge is 0.310 e. The van der Waals surface area contributed by atoms with Crippen LogP contribution in [0, 0.1) is 0 Å². The molecule has 1 aliphatic rings. The number of aromatic nitrogens is 1. The van der Waals surface area contributed by atoms with E-state index in [0.717, 1.165) is 11.4 Å². The molecular weight excluding hydrogens is 569 g/mol. The summed E-state index contributed by atoms with van der Waals surface area (Å²) in [7, 11) is 0. The summed E-state index contributed by atoms with van der Waals surface area (Å²) in [6.07, 6.45) is 0. The minimum atomic E-state index is -0.154. The fraction of sp³-hybridized carbons (Fsp3) is 0.0667. The summed E-state index contributed by atoms with van der Waals surface area (Å²) in [5.41, 5.74) is 14.8. The van der Waals surface area contributed by atoms with E-state index in [4.69, 9.17) is 0 Å². The van der Waals surface area contributed by atoms with Gasteiger partial charge in [-0.05, 0) is 100 Å². The second-order valence-electron chi connectivity index (χ2n) is 13.0. The second kappa shape index (κ2) is 10.6. The zero-order chi connectivity index (χ0) is 31.5. The van der Waals surface area contributed by atoms with E-state index in [9.17, 15) is 0 Å². The van der Waals surface area contributed by atoms with Crippen LogP contribution in [0.25, 0.3) is 49.7 Å². The van der Waals surface area contributed by atoms with Crippen molar-refractivity contribution in [1.29, 1.82) is 0 Å². The first-order valence-electron chi connectivity index (χ1n) is 16.4. The Balaban J connectivity index is 1.16. The van der Waals surface area contributed by atoms with Crippen molar-refractivity contribution in [2.24, 2.45) is 0 Å². The molecule has 0 unspecified atom stereocenters. The van der Waals surface area contributed by atoms with Crippen LogP contribution in [0.2, 0.25) is 0 Å². The van der Waals surface area contributed by atoms with E-state index in [1.807, 2.05) is 0 Å². The fourth-order valence-corrected chi connectivity index (χ4v) is 7.65. The third-order valence-electron chi connectivity index (χ3n) is 9.97. The summed E-state index contributed by atoms with van der Waals surface area (Å²) in [5, 5.41) is 2.55. The van der Waals surface area contributed by atoms with Gasteiger partial charge in [0.15, 0.2) is 0 Å². The van der Waals surface area contributed by atoms with Crippen molar-refractivity contribution < 1.29 is 0 Å². The molecule has 2 nitrogen and oxygen atoms in total. The van der Waals surface area contributed by atoms with Crippen LogP contribution in [0.4, 0.5) is 17.1 Å². The molecule has 0 atom stereocenters. The first-order valence-corrected chi connectivity index (χ1v) is 16.4. The summed E-state index contributed by atoms with van der Waals surface area (Å²) in [4.78, 5) is 2.35. The SMILES string of the molecule is CC1(C)c2cc(-c3ccc4c5ccccc5n(-c5ccccc5)c4c3)ccc2-c2ccc(N(c3ccccc3)c3ccccc3)cc21. The maximum Gasteiger partial charge on any atom is 0.0547 e. The normalized spacial score (nSPS) is 13.1. The molecule has 47 heavy (non-hydrogen) atoms. The first kappa shape index (κ1) is 27.5. The third-order valence-corrected chi connectivity index (χ3v) is 9.97. The number of benzene rings is 7. The van der Waals surface area contributed by atoms with E-state index >= 15 is 0 Å². The van der Waals surface area contributed by atoms with Crippen LogP contribution in [0.3, 0.4) is 0 Å². The van der Waals surface area contributed by atoms with Crippen molar-refractivity contribution in [3.63, 3.8) is 0 Å². The van der Waals surface area contributed by atoms with E-state index in [0.29, 0.717) is 0 Å². The highest BCUT2D eigenvalue weighted by Crippen LogP contribution is 2.51. The zero-order valence-electron chi connectivity index (χ0n) is 26.6. The molecule has 0 fully saturated rings. The molecule has 0 amide bonds. The Hall–Kier alpha value is -5.86. The van der Waals surface area contributed by atoms with Crippen LogP contribution in [0.1, 0.15) is 25.0 Å². The maximum absolute atomic E-state index is 2.43. The number of rotatable bonds is 5. The van der Waals surface area contributed by atoms with Crippen LogP contribution in [-0.2, 0) is 5.41 Å². The van der Waals surface area contributed by atoms with Gasteiger partial charge < -0.3 is 9.47 Å². The minimum absolute atomic E-state index is 0.154. The Morgan fingerprint density at radius 2 is 0.957 bits per heavy atom. The molecular formula is C45H34N2. The lowest BCUT2D eigenvalue weighted by atomic mass is 9.81. The number of anilines is 3. The molecule has 0 spiro atoms. The highest BCUT2D eigenvalue weighted by atomic mass is 15.1. The minimum Gasteiger partial charge on any atom is -0.310 e. The molecule has 0 bridgehead atoms. The number of fused-ring (bicyclic) bond motifs is 6. The molecule has 1 aliphatic carbocycles. The summed E-state index contributed by atoms with van der Waals surface area (Å²) in [5.74, 6) is 0. The van der Waals surface area contributed by atoms with Crippen LogP contribution < -0.4 is 4.90 Å². The summed E-state index contributed by atoms with van der Waals surface area (Å²) >= 11 is 0. The van der Waals surface area contributed by atoms with Crippen molar-refractivity contribution in [3.8, 4) is 27.9 Å². The highest BCUT2D eigenvalue weighted by Gasteiger charge is 2.36. The maximum atomic E-state index is 2.43. The lowest BCUT2D eigenvalue weighted by molar-refractivity contribution is 0.660. The highest BCUT2D eigenvalue weighted by molar-refractivity contribution is 6.10. The van der Waals surface area contributed by atoms with Gasteiger partial charge in [-0.2, -0.15) is 0 Å². The van der Waals surface area contributed by atoms with Crippen molar-refractivity contribution in [1.82, 2.24) is 4.57 Å². The standard InChI is InChI=1S/C45H34N2/c1-45(2)41-28-31(32-23-26-40-39-20-12-13-21-43(39)47(44(40)29-32)35-18-10-5-11-19-35)22-25-37(41)38-27-24-36(30-42(38)45)46(33-14-6-3-7-15-33)34-16-8-4-9-17-34/h3-30H,1-2H3. The topological polar surface area (TPSA) is 8.17 Å². The van der Waals surface area contributed by atoms with Crippen molar-refractivity contribution in [3.05, 3.63) is 181 Å². The molecule has 8 aromatic rings. The lowest BCUT2D eigenvalue weighted by Gasteiger charge is -2.28. The Bertz CT molecular complexity index is 2380. The number of hydrogen-bond donors (Lipinski definition) is 0. The summed E-state index contributed by atoms with van der Waals surface area (Å²) in [6.45, 7) is 4.74. The molecule has 9 rings (SSSR count). The monoisotopic (exact) mass is 602 g/mol. The van der Waals surface area contributed by atoms with Crippen LogP contribution in [-0.4, -0.2) is 4.57 Å². The van der Waals surface area contributed by atoms with Gasteiger partial charge >= 0.3 is 0 Å². The van der Waals surface area contributed by atoms with Gasteiger partial charge in [0, 0.05) is 38.9 Å². The van der Waals surface area contributed by atoms with Gasteiger partial charge in [-0.25, -0.2) is 0 Å². The average Bonchev–Trinajstić information content (AvgIpc) is 3.57. The average molecular weight is 603 g/mol. The van der Waals surface area contributed by atoms with E-state index in [-0.39, 0.29) is 5.41 Å². The predicted octanol–water partition coefficient (Wildman–Crippen LogP) is 12.2. The van der Waals surface area contributed by atoms with Gasteiger partial charge in [0.1, 0.15) is 0 Å². The molecule has 0 saturated carbocycles. The Morgan fingerprint density at radius 3 is 1.66 bits per heavy atom. The molecule has 0 N–H and O–H groups in total. The quantitative estimate of drug-likeness (QED) is 0.190. The third kappa shape index (κ3) is 4.33. The van der Waals surface area contributed by atoms with Crippen LogP contribution in [0.5, 0.6) is 0 Å². The van der Waals surface area contributed by atoms with E-state index in [1.165, 1.54) is 66.6 Å². The van der Waals surface area contributed by atoms with Crippen LogP contribution >= 0.6 is 0 Å². The fourth-order valence-electron chi connectivity index (χ4n) is 7.65. The molecule has 224 valence electrons. The van der Waals surface area contributed by atoms with Crippen molar-refractivity contribution in [2.75, 3.05) is 4.90 Å². The number of para-hydroxylation sites is 4. The molecule has 2 heteroatoms. The smallest absolute Gasteiger partial charge is 0.0547 e. The molecule has 1 aromatic heterocycles. The van der Waals surface area contributed by atoms with Gasteiger partial charge in [0.2, 0.25) is 0 Å². The zero-order valence-corrected chi connectivity index (χ0v) is 26.6. The van der Waals surface area contributed by atoms with Crippen LogP contribution in [0.15, 0.2) is 170 Å². The second-order valence-corrected chi connectivity index (χ2v) is 13.0. The Morgan fingerprint density at radius 1 is 0.426 bits per heavy atom. The molecule has 0 saturated heterocycles. The molecule has 0 radical (unpaired) electrons. The van der Waals surface area contributed by atoms with Gasteiger partial charge in [0.05, 0.1) is 11.0 Å². The van der Waals surface area contributed by atoms with Crippen molar-refractivity contribution >= 4 is 38.9 Å². The first-order chi connectivity index (χ1) is 23.1. The summed E-state index contributed by atoms with van der Waals surface area (Å²) < 4.78 is 2.40. The lowest BCUT2D eigenvalue weighted by Crippen LogP contribution is -2.16. The summed E-state index contributed by atoms with van der Waals surface area (Å²) in [6, 6.07) is 61.7. The predicted molar refractivity (Wildman–Crippen MR) is 198 cm³/mol. The van der Waals surface area contributed by atoms with E-state index < -0.39 is 0 Å². The Kier molecular flexibility index (Phi) is 6.20. The number of nitrogens with zero attached hydrogens (tertiary/aromatic N) is 2. The number of hydrogen-bond acceptors (Lipinski definition) is 1.